The molecule has 0 fully saturated rings. The van der Waals surface area contributed by atoms with E-state index in [4.69, 9.17) is 5.84 Å². The summed E-state index contributed by atoms with van der Waals surface area (Å²) in [7, 11) is 0. The van der Waals surface area contributed by atoms with E-state index in [0.717, 1.165) is 31.4 Å². The quantitative estimate of drug-likeness (QED) is 0.558. The topological polar surface area (TPSA) is 67.2 Å². The zero-order chi connectivity index (χ0) is 16.0. The number of nitrogens with one attached hydrogen (secondary N) is 2. The number of amides is 1. The summed E-state index contributed by atoms with van der Waals surface area (Å²) in [6.45, 7) is 3.90. The number of nitrogen functional groups attached to an aromatic ring is 1. The molecule has 1 unspecified atom stereocenters. The van der Waals surface area contributed by atoms with Gasteiger partial charge in [0.1, 0.15) is 0 Å². The van der Waals surface area contributed by atoms with Crippen LogP contribution in [0.3, 0.4) is 0 Å². The van der Waals surface area contributed by atoms with Gasteiger partial charge in [-0.15, -0.1) is 0 Å². The molecule has 0 radical (unpaired) electrons. The number of nitrogens with two attached hydrogens (primary N) is 1. The van der Waals surface area contributed by atoms with E-state index < -0.39 is 17.6 Å². The molecule has 21 heavy (non-hydrogen) atoms. The Balaban J connectivity index is 3.01. The largest absolute Gasteiger partial charge is 0.418 e. The fourth-order valence-corrected chi connectivity index (χ4v) is 2.04. The summed E-state index contributed by atoms with van der Waals surface area (Å²) in [4.78, 5) is 12.0. The Morgan fingerprint density at radius 3 is 2.48 bits per heavy atom. The maximum Gasteiger partial charge on any atom is 0.418 e. The summed E-state index contributed by atoms with van der Waals surface area (Å²) < 4.78 is 38.7. The van der Waals surface area contributed by atoms with E-state index in [9.17, 15) is 18.0 Å². The van der Waals surface area contributed by atoms with Crippen molar-refractivity contribution >= 4 is 11.6 Å². The molecule has 1 aromatic rings. The first kappa shape index (κ1) is 17.3. The van der Waals surface area contributed by atoms with Crippen LogP contribution < -0.4 is 16.6 Å². The molecule has 0 heterocycles. The summed E-state index contributed by atoms with van der Waals surface area (Å²) in [5.41, 5.74) is 0.736. The Kier molecular flexibility index (Phi) is 6.02. The number of hydrogen-bond acceptors (Lipinski definition) is 3. The second-order valence-corrected chi connectivity index (χ2v) is 4.77. The van der Waals surface area contributed by atoms with Crippen molar-refractivity contribution in [3.63, 3.8) is 0 Å². The minimum absolute atomic E-state index is 0.0316. The van der Waals surface area contributed by atoms with E-state index in [1.807, 2.05) is 19.3 Å². The highest BCUT2D eigenvalue weighted by Crippen LogP contribution is 2.35. The molecule has 1 aromatic carbocycles. The first-order chi connectivity index (χ1) is 9.83. The summed E-state index contributed by atoms with van der Waals surface area (Å²) >= 11 is 0. The number of rotatable bonds is 6. The zero-order valence-electron chi connectivity index (χ0n) is 12.1. The predicted octanol–water partition coefficient (Wildman–Crippen LogP) is 3.30. The van der Waals surface area contributed by atoms with Gasteiger partial charge in [0.15, 0.2) is 0 Å². The van der Waals surface area contributed by atoms with Crippen LogP contribution in [0.25, 0.3) is 0 Å². The molecule has 118 valence electrons. The number of alkyl halides is 3. The van der Waals surface area contributed by atoms with Crippen LogP contribution in [0.2, 0.25) is 0 Å². The summed E-state index contributed by atoms with van der Waals surface area (Å²) in [6.07, 6.45) is -2.17. The molecule has 1 rings (SSSR count). The summed E-state index contributed by atoms with van der Waals surface area (Å²) in [5.74, 6) is 4.55. The van der Waals surface area contributed by atoms with Crippen molar-refractivity contribution in [1.29, 1.82) is 0 Å². The molecular weight excluding hydrogens is 283 g/mol. The first-order valence-corrected chi connectivity index (χ1v) is 6.82. The molecule has 7 heteroatoms. The number of carbonyl (C=O) groups excluding carboxylic acids is 1. The van der Waals surface area contributed by atoms with Gasteiger partial charge in [-0.05, 0) is 31.0 Å². The van der Waals surface area contributed by atoms with E-state index in [-0.39, 0.29) is 17.3 Å². The number of anilines is 1. The fourth-order valence-electron chi connectivity index (χ4n) is 2.04. The maximum absolute atomic E-state index is 12.9. The fraction of sp³-hybridized carbons (Fsp3) is 0.500. The summed E-state index contributed by atoms with van der Waals surface area (Å²) in [6, 6.07) is 3.24. The van der Waals surface area contributed by atoms with E-state index >= 15 is 0 Å². The summed E-state index contributed by atoms with van der Waals surface area (Å²) in [5, 5.41) is 2.74. The SMILES string of the molecule is CCCC(CC)NC(=O)c1ccc(NN)c(C(F)(F)F)c1. The molecule has 0 aromatic heterocycles. The molecule has 1 atom stereocenters. The minimum atomic E-state index is -4.58. The Hall–Kier alpha value is -1.76. The Morgan fingerprint density at radius 2 is 2.00 bits per heavy atom. The predicted molar refractivity (Wildman–Crippen MR) is 75.7 cm³/mol. The van der Waals surface area contributed by atoms with Gasteiger partial charge in [0.2, 0.25) is 0 Å². The highest BCUT2D eigenvalue weighted by molar-refractivity contribution is 5.95. The van der Waals surface area contributed by atoms with E-state index in [1.54, 1.807) is 0 Å². The smallest absolute Gasteiger partial charge is 0.349 e. The maximum atomic E-state index is 12.9. The van der Waals surface area contributed by atoms with Crippen LogP contribution >= 0.6 is 0 Å². The Bertz CT molecular complexity index is 489. The highest BCUT2D eigenvalue weighted by Gasteiger charge is 2.34. The van der Waals surface area contributed by atoms with Gasteiger partial charge in [-0.2, -0.15) is 13.2 Å². The monoisotopic (exact) mass is 303 g/mol. The van der Waals surface area contributed by atoms with Gasteiger partial charge in [0.25, 0.3) is 5.91 Å². The van der Waals surface area contributed by atoms with Gasteiger partial charge in [-0.1, -0.05) is 20.3 Å². The van der Waals surface area contributed by atoms with Crippen molar-refractivity contribution in [3.8, 4) is 0 Å². The second kappa shape index (κ2) is 7.31. The third-order valence-corrected chi connectivity index (χ3v) is 3.21. The molecule has 0 saturated heterocycles. The second-order valence-electron chi connectivity index (χ2n) is 4.77. The van der Waals surface area contributed by atoms with E-state index in [1.165, 1.54) is 6.07 Å². The van der Waals surface area contributed by atoms with Crippen molar-refractivity contribution in [1.82, 2.24) is 5.32 Å². The van der Waals surface area contributed by atoms with Gasteiger partial charge in [0, 0.05) is 11.6 Å². The van der Waals surface area contributed by atoms with Crippen molar-refractivity contribution < 1.29 is 18.0 Å². The normalized spacial score (nSPS) is 12.9. The molecule has 1 amide bonds. The number of halogens is 3. The lowest BCUT2D eigenvalue weighted by Crippen LogP contribution is -2.34. The van der Waals surface area contributed by atoms with Crippen LogP contribution in [0, 0.1) is 0 Å². The molecule has 4 N–H and O–H groups in total. The van der Waals surface area contributed by atoms with Crippen LogP contribution in [0.1, 0.15) is 49.0 Å². The molecule has 0 saturated carbocycles. The van der Waals surface area contributed by atoms with Crippen molar-refractivity contribution in [3.05, 3.63) is 29.3 Å². The van der Waals surface area contributed by atoms with Crippen LogP contribution in [0.5, 0.6) is 0 Å². The molecular formula is C14H20F3N3O. The van der Waals surface area contributed by atoms with E-state index in [2.05, 4.69) is 5.32 Å². The third kappa shape index (κ3) is 4.63. The van der Waals surface area contributed by atoms with Gasteiger partial charge in [0.05, 0.1) is 11.3 Å². The molecule has 0 spiro atoms. The van der Waals surface area contributed by atoms with Gasteiger partial charge >= 0.3 is 6.18 Å². The lowest BCUT2D eigenvalue weighted by molar-refractivity contribution is -0.137. The molecule has 4 nitrogen and oxygen atoms in total. The van der Waals surface area contributed by atoms with E-state index in [0.29, 0.717) is 0 Å². The molecule has 0 aliphatic carbocycles. The average Bonchev–Trinajstić information content (AvgIpc) is 2.44. The minimum Gasteiger partial charge on any atom is -0.349 e. The molecule has 0 bridgehead atoms. The standard InChI is InChI=1S/C14H20F3N3O/c1-3-5-10(4-2)19-13(21)9-6-7-12(20-18)11(8-9)14(15,16)17/h6-8,10,20H,3-5,18H2,1-2H3,(H,19,21). The molecule has 0 aliphatic rings. The number of hydrogen-bond donors (Lipinski definition) is 3. The Morgan fingerprint density at radius 1 is 1.33 bits per heavy atom. The lowest BCUT2D eigenvalue weighted by Gasteiger charge is -2.17. The highest BCUT2D eigenvalue weighted by atomic mass is 19.4. The van der Waals surface area contributed by atoms with Crippen LogP contribution in [0.15, 0.2) is 18.2 Å². The van der Waals surface area contributed by atoms with Crippen LogP contribution in [0.4, 0.5) is 18.9 Å². The third-order valence-electron chi connectivity index (χ3n) is 3.21. The van der Waals surface area contributed by atoms with Gasteiger partial charge < -0.3 is 10.7 Å². The van der Waals surface area contributed by atoms with Crippen molar-refractivity contribution in [2.45, 2.75) is 45.3 Å². The zero-order valence-corrected chi connectivity index (χ0v) is 12.1. The first-order valence-electron chi connectivity index (χ1n) is 6.82. The van der Waals surface area contributed by atoms with Crippen molar-refractivity contribution in [2.24, 2.45) is 5.84 Å². The number of hydrazine groups is 1. The van der Waals surface area contributed by atoms with Crippen LogP contribution in [-0.2, 0) is 6.18 Å². The number of carbonyl (C=O) groups is 1. The lowest BCUT2D eigenvalue weighted by atomic mass is 10.1. The van der Waals surface area contributed by atoms with Gasteiger partial charge in [-0.25, -0.2) is 0 Å². The number of benzene rings is 1. The van der Waals surface area contributed by atoms with Gasteiger partial charge in [-0.3, -0.25) is 10.6 Å². The average molecular weight is 303 g/mol. The molecule has 0 aliphatic heterocycles. The Labute approximate surface area is 121 Å². The van der Waals surface area contributed by atoms with Crippen molar-refractivity contribution in [2.75, 3.05) is 5.43 Å². The van der Waals surface area contributed by atoms with Crippen LogP contribution in [-0.4, -0.2) is 11.9 Å².